The van der Waals surface area contributed by atoms with Crippen molar-refractivity contribution in [2.75, 3.05) is 31.6 Å². The molecule has 2 aliphatic heterocycles. The van der Waals surface area contributed by atoms with Crippen molar-refractivity contribution >= 4 is 22.7 Å². The minimum absolute atomic E-state index is 0.222. The van der Waals surface area contributed by atoms with Gasteiger partial charge in [-0.05, 0) is 110 Å². The molecule has 5 heterocycles. The second kappa shape index (κ2) is 16.2. The third-order valence-electron chi connectivity index (χ3n) is 12.6. The number of likely N-dealkylation sites (tertiary alicyclic amines) is 1. The Hall–Kier alpha value is -6.04. The maximum atomic E-state index is 10.2. The van der Waals surface area contributed by atoms with Gasteiger partial charge in [-0.15, -0.1) is 21.5 Å². The van der Waals surface area contributed by atoms with Crippen molar-refractivity contribution in [2.45, 2.75) is 70.4 Å². The Morgan fingerprint density at radius 3 is 2.55 bits per heavy atom. The maximum Gasteiger partial charge on any atom is 0.196 e. The molecule has 0 amide bonds. The number of benzene rings is 4. The first-order chi connectivity index (χ1) is 29.4. The first-order valence-corrected chi connectivity index (χ1v) is 21.9. The van der Waals surface area contributed by atoms with E-state index >= 15 is 0 Å². The molecule has 1 saturated heterocycles. The molecule has 7 aromatic rings. The average molecular weight is 816 g/mol. The van der Waals surface area contributed by atoms with E-state index in [0.29, 0.717) is 36.6 Å². The highest BCUT2D eigenvalue weighted by Gasteiger charge is 2.34. The summed E-state index contributed by atoms with van der Waals surface area (Å²) in [7, 11) is 0. The molecule has 304 valence electrons. The number of nitrogens with zero attached hydrogens (tertiary/aromatic N) is 6. The van der Waals surface area contributed by atoms with Crippen LogP contribution < -0.4 is 10.1 Å². The van der Waals surface area contributed by atoms with Crippen LogP contribution in [0.25, 0.3) is 5.00 Å². The minimum Gasteiger partial charge on any atom is -0.508 e. The van der Waals surface area contributed by atoms with E-state index in [9.17, 15) is 5.11 Å². The van der Waals surface area contributed by atoms with E-state index < -0.39 is 0 Å². The molecule has 60 heavy (non-hydrogen) atoms. The third kappa shape index (κ3) is 7.41. The number of oxazole rings is 1. The second-order valence-electron chi connectivity index (χ2n) is 16.4. The van der Waals surface area contributed by atoms with Crippen molar-refractivity contribution in [3.8, 4) is 16.5 Å². The lowest BCUT2D eigenvalue weighted by Gasteiger charge is -2.35. The zero-order valence-corrected chi connectivity index (χ0v) is 35.0. The van der Waals surface area contributed by atoms with Crippen LogP contribution in [0.15, 0.2) is 119 Å². The molecule has 10 rings (SSSR count). The number of aliphatic imine (C=N–C) groups is 1. The monoisotopic (exact) mass is 815 g/mol. The Bertz CT molecular complexity index is 2630. The van der Waals surface area contributed by atoms with E-state index in [-0.39, 0.29) is 12.0 Å². The number of aromatic hydroxyl groups is 1. The zero-order chi connectivity index (χ0) is 40.7. The molecule has 10 nitrogen and oxygen atoms in total. The standard InChI is InChI=1S/C49H49N7O3S/c1-30-31(2)60-49-45(30)47(52-43(28-44-50-22-25-59-44)48-54-53-32(3)56(48)49)35-9-14-37(15-10-35)51-38-21-23-55(29-38)24-26-58-40-17-11-34(12-18-40)46-41(33-7-5-4-6-8-33)19-13-36-27-39(57)16-20-42(36)46/h4-12,14-18,20,22,25,27,38,41,43,46,51,57H,13,19,21,23-24,26,28-29H2,1-3H3. The molecule has 4 unspecified atom stereocenters. The van der Waals surface area contributed by atoms with Crippen molar-refractivity contribution in [2.24, 2.45) is 4.99 Å². The number of rotatable bonds is 11. The smallest absolute Gasteiger partial charge is 0.196 e. The van der Waals surface area contributed by atoms with Gasteiger partial charge in [-0.2, -0.15) is 0 Å². The number of fused-ring (bicyclic) bond motifs is 4. The second-order valence-corrected chi connectivity index (χ2v) is 17.6. The number of anilines is 1. The lowest BCUT2D eigenvalue weighted by atomic mass is 9.69. The summed E-state index contributed by atoms with van der Waals surface area (Å²) in [6, 6.07) is 34.2. The Kier molecular flexibility index (Phi) is 10.3. The van der Waals surface area contributed by atoms with Crippen LogP contribution in [0.3, 0.4) is 0 Å². The SMILES string of the molecule is Cc1sc2c(c1C)C(c1ccc(NC3CCN(CCOc4ccc(C5c6ccc(O)cc6CCC5c5ccccc5)cc4)C3)cc1)=NC(Cc1ncco1)c1nnc(C)n1-2. The number of hydrogen-bond acceptors (Lipinski definition) is 10. The lowest BCUT2D eigenvalue weighted by Crippen LogP contribution is -2.29. The van der Waals surface area contributed by atoms with Gasteiger partial charge in [-0.1, -0.05) is 60.7 Å². The molecule has 4 atom stereocenters. The van der Waals surface area contributed by atoms with Gasteiger partial charge in [0.2, 0.25) is 0 Å². The van der Waals surface area contributed by atoms with Crippen LogP contribution in [-0.4, -0.2) is 67.7 Å². The van der Waals surface area contributed by atoms with Crippen LogP contribution in [0.4, 0.5) is 5.69 Å². The van der Waals surface area contributed by atoms with Crippen molar-refractivity contribution in [1.29, 1.82) is 0 Å². The molecular weight excluding hydrogens is 767 g/mol. The molecule has 1 fully saturated rings. The summed E-state index contributed by atoms with van der Waals surface area (Å²) in [5.74, 6) is 4.10. The summed E-state index contributed by atoms with van der Waals surface area (Å²) in [5.41, 5.74) is 10.7. The van der Waals surface area contributed by atoms with Gasteiger partial charge >= 0.3 is 0 Å². The number of phenols is 1. The Balaban J connectivity index is 0.779. The van der Waals surface area contributed by atoms with Crippen LogP contribution in [-0.2, 0) is 12.8 Å². The molecule has 0 spiro atoms. The summed E-state index contributed by atoms with van der Waals surface area (Å²) in [4.78, 5) is 13.5. The molecule has 0 saturated carbocycles. The lowest BCUT2D eigenvalue weighted by molar-refractivity contribution is 0.237. The van der Waals surface area contributed by atoms with Crippen molar-refractivity contribution < 1.29 is 14.3 Å². The van der Waals surface area contributed by atoms with E-state index in [1.807, 2.05) is 19.1 Å². The fourth-order valence-electron chi connectivity index (χ4n) is 9.50. The van der Waals surface area contributed by atoms with Crippen molar-refractivity contribution in [3.63, 3.8) is 0 Å². The Morgan fingerprint density at radius 1 is 0.917 bits per heavy atom. The molecule has 2 N–H and O–H groups in total. The minimum atomic E-state index is -0.297. The predicted octanol–water partition coefficient (Wildman–Crippen LogP) is 9.51. The number of ether oxygens (including phenoxy) is 1. The molecular formula is C49H49N7O3S. The van der Waals surface area contributed by atoms with Gasteiger partial charge < -0.3 is 19.6 Å². The van der Waals surface area contributed by atoms with Crippen molar-refractivity contribution in [1.82, 2.24) is 24.6 Å². The summed E-state index contributed by atoms with van der Waals surface area (Å²) < 4.78 is 14.1. The average Bonchev–Trinajstić information content (AvgIpc) is 4.07. The van der Waals surface area contributed by atoms with E-state index in [1.165, 1.54) is 32.7 Å². The van der Waals surface area contributed by atoms with Crippen LogP contribution in [0.5, 0.6) is 11.5 Å². The number of phenolic OH excluding ortho intramolecular Hbond substituents is 1. The van der Waals surface area contributed by atoms with Crippen LogP contribution in [0.2, 0.25) is 0 Å². The summed E-state index contributed by atoms with van der Waals surface area (Å²) in [6.45, 7) is 9.86. The molecule has 3 aromatic heterocycles. The summed E-state index contributed by atoms with van der Waals surface area (Å²) in [6.07, 6.45) is 6.86. The topological polar surface area (TPSA) is 114 Å². The molecule has 1 aliphatic carbocycles. The number of hydrogen-bond donors (Lipinski definition) is 2. The van der Waals surface area contributed by atoms with Crippen LogP contribution in [0.1, 0.15) is 92.1 Å². The van der Waals surface area contributed by atoms with Gasteiger partial charge in [0.05, 0.1) is 18.3 Å². The maximum absolute atomic E-state index is 10.2. The first-order valence-electron chi connectivity index (χ1n) is 21.0. The fourth-order valence-corrected chi connectivity index (χ4v) is 10.7. The van der Waals surface area contributed by atoms with Crippen LogP contribution >= 0.6 is 11.3 Å². The Labute approximate surface area is 354 Å². The Morgan fingerprint density at radius 2 is 1.75 bits per heavy atom. The first kappa shape index (κ1) is 38.2. The fraction of sp³-hybridized carbons (Fsp3) is 0.306. The summed E-state index contributed by atoms with van der Waals surface area (Å²) in [5, 5.41) is 24.2. The van der Waals surface area contributed by atoms with Gasteiger partial charge in [-0.25, -0.2) is 4.98 Å². The number of aryl methyl sites for hydroxylation is 3. The highest BCUT2D eigenvalue weighted by Crippen LogP contribution is 2.47. The van der Waals surface area contributed by atoms with Gasteiger partial charge in [0.15, 0.2) is 11.7 Å². The van der Waals surface area contributed by atoms with Crippen LogP contribution in [0, 0.1) is 20.8 Å². The zero-order valence-electron chi connectivity index (χ0n) is 34.2. The quantitative estimate of drug-likeness (QED) is 0.133. The third-order valence-corrected chi connectivity index (χ3v) is 13.8. The van der Waals surface area contributed by atoms with Gasteiger partial charge in [0.1, 0.15) is 41.2 Å². The number of nitrogens with one attached hydrogen (secondary N) is 1. The van der Waals surface area contributed by atoms with E-state index in [4.69, 9.17) is 14.1 Å². The highest BCUT2D eigenvalue weighted by atomic mass is 32.1. The van der Waals surface area contributed by atoms with E-state index in [1.54, 1.807) is 23.8 Å². The van der Waals surface area contributed by atoms with Gasteiger partial charge in [-0.3, -0.25) is 14.5 Å². The predicted molar refractivity (Wildman–Crippen MR) is 236 cm³/mol. The largest absolute Gasteiger partial charge is 0.508 e. The van der Waals surface area contributed by atoms with E-state index in [2.05, 4.69) is 129 Å². The van der Waals surface area contributed by atoms with Gasteiger partial charge in [0.25, 0.3) is 0 Å². The normalized spacial score (nSPS) is 19.9. The highest BCUT2D eigenvalue weighted by molar-refractivity contribution is 7.15. The molecule has 0 bridgehead atoms. The molecule has 3 aliphatic rings. The number of aromatic nitrogens is 4. The van der Waals surface area contributed by atoms with Gasteiger partial charge in [0, 0.05) is 53.3 Å². The summed E-state index contributed by atoms with van der Waals surface area (Å²) >= 11 is 1.76. The molecule has 0 radical (unpaired) electrons. The number of thiophene rings is 1. The molecule has 4 aromatic carbocycles. The van der Waals surface area contributed by atoms with E-state index in [0.717, 1.165) is 83.8 Å². The molecule has 11 heteroatoms. The van der Waals surface area contributed by atoms with Crippen molar-refractivity contribution in [3.05, 3.63) is 171 Å².